The van der Waals surface area contributed by atoms with Crippen molar-refractivity contribution in [1.29, 1.82) is 0 Å². The molecule has 5 heteroatoms. The third-order valence-electron chi connectivity index (χ3n) is 2.31. The number of carbonyl (C=O) groups excluding carboxylic acids is 2. The van der Waals surface area contributed by atoms with E-state index in [1.54, 1.807) is 52.0 Å². The van der Waals surface area contributed by atoms with Gasteiger partial charge in [-0.05, 0) is 39.8 Å². The lowest BCUT2D eigenvalue weighted by Gasteiger charge is -2.29. The molecule has 0 heterocycles. The average molecular weight is 284 g/mol. The minimum atomic E-state index is -0.658. The Morgan fingerprint density at radius 3 is 2.42 bits per heavy atom. The highest BCUT2D eigenvalue weighted by molar-refractivity contribution is 6.33. The van der Waals surface area contributed by atoms with Crippen molar-refractivity contribution >= 4 is 29.7 Å². The Morgan fingerprint density at radius 2 is 1.95 bits per heavy atom. The van der Waals surface area contributed by atoms with Gasteiger partial charge in [0.2, 0.25) is 0 Å². The second-order valence-corrected chi connectivity index (χ2v) is 5.59. The van der Waals surface area contributed by atoms with Crippen molar-refractivity contribution in [3.05, 3.63) is 29.3 Å². The number of para-hydroxylation sites is 1. The molecule has 0 spiro atoms. The lowest BCUT2D eigenvalue weighted by Crippen LogP contribution is -2.43. The fraction of sp³-hybridized carbons (Fsp3) is 0.429. The summed E-state index contributed by atoms with van der Waals surface area (Å²) in [7, 11) is 0. The number of halogens is 1. The van der Waals surface area contributed by atoms with E-state index in [1.165, 1.54) is 4.90 Å². The van der Waals surface area contributed by atoms with Gasteiger partial charge >= 0.3 is 6.09 Å². The molecule has 1 aromatic carbocycles. The van der Waals surface area contributed by atoms with Crippen LogP contribution in [-0.2, 0) is 9.53 Å². The summed E-state index contributed by atoms with van der Waals surface area (Å²) in [5.74, 6) is 0. The Morgan fingerprint density at radius 1 is 1.37 bits per heavy atom. The zero-order valence-corrected chi connectivity index (χ0v) is 12.3. The summed E-state index contributed by atoms with van der Waals surface area (Å²) >= 11 is 6.07. The van der Waals surface area contributed by atoms with E-state index in [9.17, 15) is 9.59 Å². The molecule has 1 amide bonds. The number of rotatable bonds is 3. The lowest BCUT2D eigenvalue weighted by molar-refractivity contribution is -0.108. The fourth-order valence-corrected chi connectivity index (χ4v) is 1.73. The molecular weight excluding hydrogens is 266 g/mol. The molecule has 0 aliphatic carbocycles. The summed E-state index contributed by atoms with van der Waals surface area (Å²) in [6.45, 7) is 6.91. The number of aldehydes is 1. The number of carbonyl (C=O) groups is 2. The van der Waals surface area contributed by atoms with Crippen LogP contribution in [0.2, 0.25) is 5.02 Å². The predicted octanol–water partition coefficient (Wildman–Crippen LogP) is 3.67. The molecule has 104 valence electrons. The van der Waals surface area contributed by atoms with E-state index in [0.717, 1.165) is 0 Å². The van der Waals surface area contributed by atoms with Crippen molar-refractivity contribution in [3.8, 4) is 0 Å². The summed E-state index contributed by atoms with van der Waals surface area (Å²) in [5, 5.41) is 0.391. The van der Waals surface area contributed by atoms with Crippen LogP contribution in [0.4, 0.5) is 10.5 Å². The highest BCUT2D eigenvalue weighted by atomic mass is 35.5. The van der Waals surface area contributed by atoms with Crippen LogP contribution in [-0.4, -0.2) is 24.0 Å². The van der Waals surface area contributed by atoms with E-state index < -0.39 is 17.7 Å². The first-order valence-corrected chi connectivity index (χ1v) is 6.36. The average Bonchev–Trinajstić information content (AvgIpc) is 2.29. The molecule has 1 aromatic rings. The second-order valence-electron chi connectivity index (χ2n) is 5.18. The minimum absolute atomic E-state index is 0.391. The maximum Gasteiger partial charge on any atom is 0.415 e. The van der Waals surface area contributed by atoms with Crippen LogP contribution in [0.15, 0.2) is 24.3 Å². The molecule has 0 radical (unpaired) electrons. The molecule has 19 heavy (non-hydrogen) atoms. The van der Waals surface area contributed by atoms with Crippen LogP contribution in [0.5, 0.6) is 0 Å². The number of benzene rings is 1. The van der Waals surface area contributed by atoms with Gasteiger partial charge in [0.1, 0.15) is 11.9 Å². The number of hydrogen-bond donors (Lipinski definition) is 0. The van der Waals surface area contributed by atoms with Crippen LogP contribution in [0.1, 0.15) is 27.7 Å². The Labute approximate surface area is 118 Å². The van der Waals surface area contributed by atoms with Crippen molar-refractivity contribution in [1.82, 2.24) is 0 Å². The first-order valence-electron chi connectivity index (χ1n) is 5.98. The van der Waals surface area contributed by atoms with Crippen LogP contribution in [0, 0.1) is 0 Å². The van der Waals surface area contributed by atoms with Gasteiger partial charge in [-0.2, -0.15) is 0 Å². The van der Waals surface area contributed by atoms with Crippen molar-refractivity contribution in [2.75, 3.05) is 4.90 Å². The summed E-state index contributed by atoms with van der Waals surface area (Å²) < 4.78 is 5.30. The number of anilines is 1. The maximum absolute atomic E-state index is 12.2. The standard InChI is InChI=1S/C14H18ClNO3/c1-10(9-17)16(13(18)19-14(2,3)4)12-8-6-5-7-11(12)15/h5-10H,1-4H3. The fourth-order valence-electron chi connectivity index (χ4n) is 1.50. The van der Waals surface area contributed by atoms with Crippen LogP contribution in [0.3, 0.4) is 0 Å². The Kier molecular flexibility index (Phi) is 4.95. The lowest BCUT2D eigenvalue weighted by atomic mass is 10.2. The monoisotopic (exact) mass is 283 g/mol. The van der Waals surface area contributed by atoms with E-state index in [-0.39, 0.29) is 0 Å². The van der Waals surface area contributed by atoms with Crippen molar-refractivity contribution in [2.45, 2.75) is 39.3 Å². The zero-order chi connectivity index (χ0) is 14.6. The van der Waals surface area contributed by atoms with Gasteiger partial charge in [0.15, 0.2) is 0 Å². The van der Waals surface area contributed by atoms with E-state index in [4.69, 9.17) is 16.3 Å². The van der Waals surface area contributed by atoms with Gasteiger partial charge in [-0.1, -0.05) is 23.7 Å². The van der Waals surface area contributed by atoms with Gasteiger partial charge in [-0.25, -0.2) is 4.79 Å². The normalized spacial score (nSPS) is 12.7. The van der Waals surface area contributed by atoms with Gasteiger partial charge in [0, 0.05) is 0 Å². The molecule has 0 saturated heterocycles. The largest absolute Gasteiger partial charge is 0.443 e. The van der Waals surface area contributed by atoms with Gasteiger partial charge < -0.3 is 9.53 Å². The Balaban J connectivity index is 3.13. The molecule has 0 fully saturated rings. The topological polar surface area (TPSA) is 46.6 Å². The molecule has 1 rings (SSSR count). The van der Waals surface area contributed by atoms with Gasteiger partial charge in [-0.3, -0.25) is 4.90 Å². The quantitative estimate of drug-likeness (QED) is 0.795. The summed E-state index contributed by atoms with van der Waals surface area (Å²) in [4.78, 5) is 24.5. The van der Waals surface area contributed by atoms with Crippen LogP contribution >= 0.6 is 11.6 Å². The van der Waals surface area contributed by atoms with Crippen LogP contribution in [0.25, 0.3) is 0 Å². The van der Waals surface area contributed by atoms with Gasteiger partial charge in [-0.15, -0.1) is 0 Å². The van der Waals surface area contributed by atoms with Gasteiger partial charge in [0.05, 0.1) is 16.8 Å². The maximum atomic E-state index is 12.2. The SMILES string of the molecule is CC(C=O)N(C(=O)OC(C)(C)C)c1ccccc1Cl. The van der Waals surface area contributed by atoms with Crippen LogP contribution < -0.4 is 4.90 Å². The van der Waals surface area contributed by atoms with E-state index in [1.807, 2.05) is 0 Å². The summed E-state index contributed by atoms with van der Waals surface area (Å²) in [6.07, 6.45) is 0.0768. The molecule has 1 atom stereocenters. The Bertz CT molecular complexity index is 468. The van der Waals surface area contributed by atoms with Crippen molar-refractivity contribution in [3.63, 3.8) is 0 Å². The molecule has 1 unspecified atom stereocenters. The van der Waals surface area contributed by atoms with E-state index in [0.29, 0.717) is 17.0 Å². The minimum Gasteiger partial charge on any atom is -0.443 e. The molecular formula is C14H18ClNO3. The molecule has 0 aliphatic heterocycles. The Hall–Kier alpha value is -1.55. The van der Waals surface area contributed by atoms with Gasteiger partial charge in [0.25, 0.3) is 0 Å². The zero-order valence-electron chi connectivity index (χ0n) is 11.5. The first kappa shape index (κ1) is 15.5. The number of amides is 1. The predicted molar refractivity (Wildman–Crippen MR) is 75.7 cm³/mol. The molecule has 4 nitrogen and oxygen atoms in total. The molecule has 0 N–H and O–H groups in total. The molecule has 0 saturated carbocycles. The van der Waals surface area contributed by atoms with E-state index in [2.05, 4.69) is 0 Å². The number of nitrogens with zero attached hydrogens (tertiary/aromatic N) is 1. The summed E-state index contributed by atoms with van der Waals surface area (Å²) in [6, 6.07) is 6.17. The third kappa shape index (κ3) is 4.24. The smallest absolute Gasteiger partial charge is 0.415 e. The summed E-state index contributed by atoms with van der Waals surface area (Å²) in [5.41, 5.74) is -0.183. The van der Waals surface area contributed by atoms with E-state index >= 15 is 0 Å². The highest BCUT2D eigenvalue weighted by Gasteiger charge is 2.28. The molecule has 0 bridgehead atoms. The van der Waals surface area contributed by atoms with Crippen molar-refractivity contribution < 1.29 is 14.3 Å². The highest BCUT2D eigenvalue weighted by Crippen LogP contribution is 2.28. The van der Waals surface area contributed by atoms with Crippen molar-refractivity contribution in [2.24, 2.45) is 0 Å². The molecule has 0 aromatic heterocycles. The second kappa shape index (κ2) is 6.06. The third-order valence-corrected chi connectivity index (χ3v) is 2.63. The molecule has 0 aliphatic rings. The first-order chi connectivity index (χ1) is 8.76. The number of hydrogen-bond acceptors (Lipinski definition) is 3. The number of ether oxygens (including phenoxy) is 1.